The van der Waals surface area contributed by atoms with Gasteiger partial charge in [0.15, 0.2) is 6.04 Å². The highest BCUT2D eigenvalue weighted by Crippen LogP contribution is 2.01. The molecule has 5 atom stereocenters. The smallest absolute Gasteiger partial charge is 0.328 e. The van der Waals surface area contributed by atoms with Crippen molar-refractivity contribution >= 4 is 35.5 Å². The first kappa shape index (κ1) is 26.7. The lowest BCUT2D eigenvalue weighted by atomic mass is 10.1. The number of primary amides is 2. The predicted molar refractivity (Wildman–Crippen MR) is 97.8 cm³/mol. The zero-order valence-electron chi connectivity index (χ0n) is 16.0. The first-order chi connectivity index (χ1) is 13.8. The number of rotatable bonds is 13. The lowest BCUT2D eigenvalue weighted by Crippen LogP contribution is -2.59. The Labute approximate surface area is 170 Å². The molecule has 0 aromatic heterocycles. The molecule has 0 heterocycles. The van der Waals surface area contributed by atoms with Crippen molar-refractivity contribution in [3.8, 4) is 0 Å². The fourth-order valence-electron chi connectivity index (χ4n) is 2.10. The number of aliphatic hydroxyl groups is 2. The van der Waals surface area contributed by atoms with Gasteiger partial charge in [-0.05, 0) is 6.92 Å². The fourth-order valence-corrected chi connectivity index (χ4v) is 2.10. The molecule has 5 unspecified atom stereocenters. The van der Waals surface area contributed by atoms with Crippen LogP contribution >= 0.6 is 0 Å². The van der Waals surface area contributed by atoms with E-state index in [4.69, 9.17) is 27.4 Å². The number of hydrogen-bond acceptors (Lipinski definition) is 9. The second-order valence-electron chi connectivity index (χ2n) is 6.32. The van der Waals surface area contributed by atoms with Gasteiger partial charge in [-0.15, -0.1) is 0 Å². The third kappa shape index (κ3) is 9.26. The maximum Gasteiger partial charge on any atom is 0.328 e. The summed E-state index contributed by atoms with van der Waals surface area (Å²) in [6.45, 7) is 0.322. The number of aliphatic hydroxyl groups excluding tert-OH is 2. The summed E-state index contributed by atoms with van der Waals surface area (Å²) >= 11 is 0. The van der Waals surface area contributed by atoms with E-state index in [2.05, 4.69) is 5.32 Å². The molecule has 0 bridgehead atoms. The molecule has 15 heteroatoms. The first-order valence-electron chi connectivity index (χ1n) is 8.55. The van der Waals surface area contributed by atoms with Crippen molar-refractivity contribution in [2.45, 2.75) is 50.0 Å². The third-order valence-corrected chi connectivity index (χ3v) is 3.66. The number of aliphatic carboxylic acids is 1. The Balaban J connectivity index is 5.51. The topological polar surface area (TPSA) is 277 Å². The summed E-state index contributed by atoms with van der Waals surface area (Å²) in [5.41, 5.74) is 15.4. The molecule has 0 aliphatic heterocycles. The van der Waals surface area contributed by atoms with E-state index in [0.717, 1.165) is 6.92 Å². The Bertz CT molecular complexity index is 684. The highest BCUT2D eigenvalue weighted by Gasteiger charge is 2.33. The monoisotopic (exact) mass is 434 g/mol. The summed E-state index contributed by atoms with van der Waals surface area (Å²) in [6.07, 6.45) is -3.00. The van der Waals surface area contributed by atoms with Crippen molar-refractivity contribution in [2.24, 2.45) is 17.2 Å². The summed E-state index contributed by atoms with van der Waals surface area (Å²) < 4.78 is 0. The van der Waals surface area contributed by atoms with E-state index in [1.54, 1.807) is 0 Å². The minimum atomic E-state index is -1.76. The van der Waals surface area contributed by atoms with Gasteiger partial charge >= 0.3 is 5.97 Å². The van der Waals surface area contributed by atoms with Crippen LogP contribution in [0, 0.1) is 0 Å². The molecule has 0 rings (SSSR count). The Morgan fingerprint density at radius 1 is 0.833 bits per heavy atom. The van der Waals surface area contributed by atoms with Crippen LogP contribution in [0.15, 0.2) is 0 Å². The Morgan fingerprint density at radius 2 is 1.23 bits per heavy atom. The van der Waals surface area contributed by atoms with Crippen LogP contribution < -0.4 is 33.2 Å². The molecular formula is C15H26N6O9. The molecular weight excluding hydrogens is 408 g/mol. The van der Waals surface area contributed by atoms with Gasteiger partial charge < -0.3 is 48.5 Å². The Kier molecular flexibility index (Phi) is 10.9. The average molecular weight is 434 g/mol. The van der Waals surface area contributed by atoms with Crippen LogP contribution in [-0.4, -0.2) is 87.7 Å². The molecule has 30 heavy (non-hydrogen) atoms. The number of carboxylic acid groups (broad SMARTS) is 1. The van der Waals surface area contributed by atoms with Crippen LogP contribution in [-0.2, 0) is 28.8 Å². The number of hydrogen-bond donors (Lipinski definition) is 9. The molecule has 15 nitrogen and oxygen atoms in total. The Hall–Kier alpha value is -3.30. The second kappa shape index (κ2) is 12.3. The number of nitrogens with two attached hydrogens (primary N) is 3. The van der Waals surface area contributed by atoms with Crippen LogP contribution in [0.25, 0.3) is 0 Å². The zero-order chi connectivity index (χ0) is 23.6. The van der Waals surface area contributed by atoms with E-state index >= 15 is 0 Å². The lowest BCUT2D eigenvalue weighted by molar-refractivity contribution is -0.145. The van der Waals surface area contributed by atoms with E-state index in [1.807, 2.05) is 10.6 Å². The standard InChI is InChI=1S/C15H26N6O9/c1-5(23)11(15(29)30)21-14(28)8(3-10(18)25)20-13(27)7(2-9(17)24)19-12(26)6(16)4-22/h5-8,11,22-23H,2-4,16H2,1H3,(H2,17,24)(H2,18,25)(H,19,26)(H,20,27)(H,21,28)(H,29,30). The maximum absolute atomic E-state index is 12.4. The normalized spacial score (nSPS) is 15.6. The average Bonchev–Trinajstić information content (AvgIpc) is 2.62. The van der Waals surface area contributed by atoms with Gasteiger partial charge in [-0.3, -0.25) is 24.0 Å². The first-order valence-corrected chi connectivity index (χ1v) is 8.55. The lowest BCUT2D eigenvalue weighted by Gasteiger charge is -2.24. The van der Waals surface area contributed by atoms with Crippen molar-refractivity contribution in [2.75, 3.05) is 6.61 Å². The molecule has 0 saturated heterocycles. The van der Waals surface area contributed by atoms with Gasteiger partial charge in [0.25, 0.3) is 0 Å². The quantitative estimate of drug-likeness (QED) is 0.132. The molecule has 0 saturated carbocycles. The van der Waals surface area contributed by atoms with E-state index in [0.29, 0.717) is 0 Å². The number of nitrogens with one attached hydrogen (secondary N) is 3. The molecule has 0 radical (unpaired) electrons. The van der Waals surface area contributed by atoms with Gasteiger partial charge in [0, 0.05) is 0 Å². The van der Waals surface area contributed by atoms with Gasteiger partial charge in [0.2, 0.25) is 29.5 Å². The maximum atomic E-state index is 12.4. The van der Waals surface area contributed by atoms with E-state index in [1.165, 1.54) is 0 Å². The summed E-state index contributed by atoms with van der Waals surface area (Å²) in [6, 6.07) is -6.49. The van der Waals surface area contributed by atoms with Crippen molar-refractivity contribution in [1.82, 2.24) is 16.0 Å². The fraction of sp³-hybridized carbons (Fsp3) is 0.600. The van der Waals surface area contributed by atoms with E-state index in [9.17, 15) is 33.9 Å². The van der Waals surface area contributed by atoms with Crippen LogP contribution in [0.2, 0.25) is 0 Å². The molecule has 170 valence electrons. The van der Waals surface area contributed by atoms with Gasteiger partial charge in [-0.1, -0.05) is 0 Å². The van der Waals surface area contributed by atoms with Crippen LogP contribution in [0.5, 0.6) is 0 Å². The van der Waals surface area contributed by atoms with Crippen LogP contribution in [0.3, 0.4) is 0 Å². The largest absolute Gasteiger partial charge is 0.480 e. The highest BCUT2D eigenvalue weighted by molar-refractivity contribution is 5.97. The summed E-state index contributed by atoms with van der Waals surface area (Å²) in [5.74, 6) is -6.96. The van der Waals surface area contributed by atoms with Crippen LogP contribution in [0.1, 0.15) is 19.8 Å². The number of carbonyl (C=O) groups is 6. The van der Waals surface area contributed by atoms with Crippen molar-refractivity contribution in [3.05, 3.63) is 0 Å². The highest BCUT2D eigenvalue weighted by atomic mass is 16.4. The number of carboxylic acids is 1. The molecule has 12 N–H and O–H groups in total. The molecule has 0 fully saturated rings. The van der Waals surface area contributed by atoms with E-state index < -0.39 is 85.2 Å². The minimum Gasteiger partial charge on any atom is -0.480 e. The summed E-state index contributed by atoms with van der Waals surface area (Å²) in [5, 5.41) is 33.4. The molecule has 5 amide bonds. The molecule has 0 aliphatic carbocycles. The van der Waals surface area contributed by atoms with Crippen LogP contribution in [0.4, 0.5) is 0 Å². The Morgan fingerprint density at radius 3 is 1.57 bits per heavy atom. The molecule has 0 aromatic rings. The van der Waals surface area contributed by atoms with Gasteiger partial charge in [0.05, 0.1) is 25.6 Å². The van der Waals surface area contributed by atoms with Gasteiger partial charge in [-0.2, -0.15) is 0 Å². The zero-order valence-corrected chi connectivity index (χ0v) is 16.0. The number of amides is 5. The van der Waals surface area contributed by atoms with Crippen molar-refractivity contribution in [1.29, 1.82) is 0 Å². The van der Waals surface area contributed by atoms with Crippen molar-refractivity contribution < 1.29 is 44.1 Å². The van der Waals surface area contributed by atoms with Gasteiger partial charge in [-0.25, -0.2) is 4.79 Å². The van der Waals surface area contributed by atoms with Gasteiger partial charge in [0.1, 0.15) is 18.1 Å². The minimum absolute atomic E-state index is 0.716. The van der Waals surface area contributed by atoms with E-state index in [-0.39, 0.29) is 0 Å². The summed E-state index contributed by atoms with van der Waals surface area (Å²) in [4.78, 5) is 70.1. The van der Waals surface area contributed by atoms with Crippen molar-refractivity contribution in [3.63, 3.8) is 0 Å². The molecule has 0 aliphatic rings. The second-order valence-corrected chi connectivity index (χ2v) is 6.32. The predicted octanol–water partition coefficient (Wildman–Crippen LogP) is -6.02. The molecule has 0 aromatic carbocycles. The SMILES string of the molecule is CC(O)C(NC(=O)C(CC(N)=O)NC(=O)C(CC(N)=O)NC(=O)C(N)CO)C(=O)O. The molecule has 0 spiro atoms. The number of carbonyl (C=O) groups excluding carboxylic acids is 5. The third-order valence-electron chi connectivity index (χ3n) is 3.66. The summed E-state index contributed by atoms with van der Waals surface area (Å²) in [7, 11) is 0.